The number of ether oxygens (including phenoxy) is 1. The summed E-state index contributed by atoms with van der Waals surface area (Å²) in [4.78, 5) is 11.6. The first kappa shape index (κ1) is 16.4. The molecule has 0 rings (SSSR count). The first-order valence-electron chi connectivity index (χ1n) is 6.60. The van der Waals surface area contributed by atoms with Crippen molar-refractivity contribution >= 4 is 5.91 Å². The van der Waals surface area contributed by atoms with E-state index in [1.54, 1.807) is 0 Å². The van der Waals surface area contributed by atoms with Crippen molar-refractivity contribution in [1.29, 1.82) is 0 Å². The second kappa shape index (κ2) is 9.42. The van der Waals surface area contributed by atoms with E-state index in [2.05, 4.69) is 19.2 Å². The number of nitrogens with two attached hydrogens (primary N) is 1. The molecule has 4 nitrogen and oxygen atoms in total. The third-order valence-corrected chi connectivity index (χ3v) is 2.94. The summed E-state index contributed by atoms with van der Waals surface area (Å²) in [6.07, 6.45) is 1.97. The van der Waals surface area contributed by atoms with Gasteiger partial charge in [-0.15, -0.1) is 0 Å². The SMILES string of the molecule is CCC(C)C(N)C(=O)NCCOCCC(C)C. The highest BCUT2D eigenvalue weighted by molar-refractivity contribution is 5.81. The van der Waals surface area contributed by atoms with Gasteiger partial charge in [-0.2, -0.15) is 0 Å². The number of hydrogen-bond acceptors (Lipinski definition) is 3. The molecule has 4 heteroatoms. The Morgan fingerprint density at radius 3 is 2.47 bits per heavy atom. The van der Waals surface area contributed by atoms with Gasteiger partial charge in [-0.05, 0) is 18.3 Å². The van der Waals surface area contributed by atoms with Crippen molar-refractivity contribution in [2.75, 3.05) is 19.8 Å². The Balaban J connectivity index is 3.51. The molecule has 2 atom stereocenters. The number of carbonyl (C=O) groups excluding carboxylic acids is 1. The molecular weight excluding hydrogens is 216 g/mol. The summed E-state index contributed by atoms with van der Waals surface area (Å²) in [5.41, 5.74) is 5.80. The largest absolute Gasteiger partial charge is 0.380 e. The fraction of sp³-hybridized carbons (Fsp3) is 0.923. The summed E-state index contributed by atoms with van der Waals surface area (Å²) in [7, 11) is 0. The van der Waals surface area contributed by atoms with Crippen molar-refractivity contribution in [3.63, 3.8) is 0 Å². The normalized spacial score (nSPS) is 14.7. The molecule has 0 aromatic carbocycles. The molecule has 17 heavy (non-hydrogen) atoms. The molecule has 0 saturated carbocycles. The lowest BCUT2D eigenvalue weighted by Crippen LogP contribution is -2.45. The van der Waals surface area contributed by atoms with Gasteiger partial charge in [0.15, 0.2) is 0 Å². The molecule has 3 N–H and O–H groups in total. The number of rotatable bonds is 9. The molecule has 102 valence electrons. The minimum Gasteiger partial charge on any atom is -0.380 e. The van der Waals surface area contributed by atoms with E-state index < -0.39 is 6.04 Å². The Bertz CT molecular complexity index is 208. The molecule has 0 fully saturated rings. The van der Waals surface area contributed by atoms with Crippen molar-refractivity contribution in [3.8, 4) is 0 Å². The maximum atomic E-state index is 11.6. The van der Waals surface area contributed by atoms with Gasteiger partial charge in [-0.1, -0.05) is 34.1 Å². The standard InChI is InChI=1S/C13H28N2O2/c1-5-11(4)12(14)13(16)15-7-9-17-8-6-10(2)3/h10-12H,5-9,14H2,1-4H3,(H,15,16). The molecule has 1 amide bonds. The quantitative estimate of drug-likeness (QED) is 0.605. The summed E-state index contributed by atoms with van der Waals surface area (Å²) in [6, 6.07) is -0.407. The molecule has 0 spiro atoms. The summed E-state index contributed by atoms with van der Waals surface area (Å²) in [6.45, 7) is 10.2. The number of amides is 1. The van der Waals surface area contributed by atoms with Crippen LogP contribution in [-0.4, -0.2) is 31.7 Å². The lowest BCUT2D eigenvalue weighted by Gasteiger charge is -2.17. The lowest BCUT2D eigenvalue weighted by atomic mass is 9.99. The zero-order chi connectivity index (χ0) is 13.3. The highest BCUT2D eigenvalue weighted by Crippen LogP contribution is 2.04. The minimum atomic E-state index is -0.407. The molecule has 0 radical (unpaired) electrons. The van der Waals surface area contributed by atoms with E-state index in [4.69, 9.17) is 10.5 Å². The predicted molar refractivity (Wildman–Crippen MR) is 70.7 cm³/mol. The van der Waals surface area contributed by atoms with E-state index >= 15 is 0 Å². The van der Waals surface area contributed by atoms with Crippen LogP contribution in [0.2, 0.25) is 0 Å². The van der Waals surface area contributed by atoms with Crippen LogP contribution in [0.4, 0.5) is 0 Å². The van der Waals surface area contributed by atoms with Crippen LogP contribution < -0.4 is 11.1 Å². The Hall–Kier alpha value is -0.610. The van der Waals surface area contributed by atoms with E-state index in [1.165, 1.54) is 0 Å². The summed E-state index contributed by atoms with van der Waals surface area (Å²) in [5.74, 6) is 0.798. The smallest absolute Gasteiger partial charge is 0.237 e. The highest BCUT2D eigenvalue weighted by atomic mass is 16.5. The summed E-state index contributed by atoms with van der Waals surface area (Å²) in [5, 5.41) is 2.80. The van der Waals surface area contributed by atoms with Crippen molar-refractivity contribution in [3.05, 3.63) is 0 Å². The van der Waals surface area contributed by atoms with Gasteiger partial charge < -0.3 is 15.8 Å². The Kier molecular flexibility index (Phi) is 9.09. The molecule has 0 aliphatic rings. The summed E-state index contributed by atoms with van der Waals surface area (Å²) < 4.78 is 5.41. The van der Waals surface area contributed by atoms with Crippen LogP contribution in [0, 0.1) is 11.8 Å². The average molecular weight is 244 g/mol. The number of nitrogens with one attached hydrogen (secondary N) is 1. The predicted octanol–water partition coefficient (Wildman–Crippen LogP) is 1.54. The number of carbonyl (C=O) groups is 1. The van der Waals surface area contributed by atoms with E-state index in [0.29, 0.717) is 19.1 Å². The Labute approximate surface area is 105 Å². The third-order valence-electron chi connectivity index (χ3n) is 2.94. The van der Waals surface area contributed by atoms with E-state index in [0.717, 1.165) is 19.4 Å². The van der Waals surface area contributed by atoms with Gasteiger partial charge in [0.05, 0.1) is 12.6 Å². The molecule has 0 aliphatic heterocycles. The highest BCUT2D eigenvalue weighted by Gasteiger charge is 2.18. The Morgan fingerprint density at radius 2 is 1.94 bits per heavy atom. The van der Waals surface area contributed by atoms with Crippen LogP contribution in [0.25, 0.3) is 0 Å². The van der Waals surface area contributed by atoms with Gasteiger partial charge in [0.2, 0.25) is 5.91 Å². The molecule has 0 bridgehead atoms. The fourth-order valence-corrected chi connectivity index (χ4v) is 1.30. The minimum absolute atomic E-state index is 0.0770. The van der Waals surface area contributed by atoms with Gasteiger partial charge >= 0.3 is 0 Å². The maximum absolute atomic E-state index is 11.6. The van der Waals surface area contributed by atoms with Gasteiger partial charge in [-0.25, -0.2) is 0 Å². The van der Waals surface area contributed by atoms with Crippen LogP contribution in [-0.2, 0) is 9.53 Å². The van der Waals surface area contributed by atoms with E-state index in [9.17, 15) is 4.79 Å². The maximum Gasteiger partial charge on any atom is 0.237 e. The van der Waals surface area contributed by atoms with Crippen molar-refractivity contribution < 1.29 is 9.53 Å². The molecule has 0 aliphatic carbocycles. The summed E-state index contributed by atoms with van der Waals surface area (Å²) >= 11 is 0. The average Bonchev–Trinajstić information content (AvgIpc) is 2.30. The monoisotopic (exact) mass is 244 g/mol. The zero-order valence-corrected chi connectivity index (χ0v) is 11.7. The first-order chi connectivity index (χ1) is 7.99. The van der Waals surface area contributed by atoms with Crippen LogP contribution in [0.3, 0.4) is 0 Å². The van der Waals surface area contributed by atoms with Gasteiger partial charge in [0.1, 0.15) is 0 Å². The third kappa shape index (κ3) is 8.16. The van der Waals surface area contributed by atoms with E-state index in [-0.39, 0.29) is 11.8 Å². The molecular formula is C13H28N2O2. The second-order valence-electron chi connectivity index (χ2n) is 5.00. The van der Waals surface area contributed by atoms with Crippen LogP contribution in [0.1, 0.15) is 40.5 Å². The van der Waals surface area contributed by atoms with Crippen molar-refractivity contribution in [1.82, 2.24) is 5.32 Å². The fourth-order valence-electron chi connectivity index (χ4n) is 1.30. The number of hydrogen-bond donors (Lipinski definition) is 2. The van der Waals surface area contributed by atoms with Gasteiger partial charge in [0, 0.05) is 13.2 Å². The topological polar surface area (TPSA) is 64.4 Å². The van der Waals surface area contributed by atoms with Crippen LogP contribution >= 0.6 is 0 Å². The molecule has 0 saturated heterocycles. The lowest BCUT2D eigenvalue weighted by molar-refractivity contribution is -0.123. The molecule has 0 heterocycles. The zero-order valence-electron chi connectivity index (χ0n) is 11.7. The van der Waals surface area contributed by atoms with E-state index in [1.807, 2.05) is 13.8 Å². The second-order valence-corrected chi connectivity index (χ2v) is 5.00. The van der Waals surface area contributed by atoms with Crippen LogP contribution in [0.5, 0.6) is 0 Å². The first-order valence-corrected chi connectivity index (χ1v) is 6.60. The van der Waals surface area contributed by atoms with Crippen LogP contribution in [0.15, 0.2) is 0 Å². The van der Waals surface area contributed by atoms with Gasteiger partial charge in [-0.3, -0.25) is 4.79 Å². The van der Waals surface area contributed by atoms with Gasteiger partial charge in [0.25, 0.3) is 0 Å². The van der Waals surface area contributed by atoms with Crippen molar-refractivity contribution in [2.24, 2.45) is 17.6 Å². The molecule has 0 aromatic heterocycles. The molecule has 0 aromatic rings. The molecule has 2 unspecified atom stereocenters. The Morgan fingerprint density at radius 1 is 1.29 bits per heavy atom. The van der Waals surface area contributed by atoms with Crippen molar-refractivity contribution in [2.45, 2.75) is 46.6 Å².